The van der Waals surface area contributed by atoms with Crippen molar-refractivity contribution in [1.82, 2.24) is 4.90 Å². The molecule has 1 aromatic heterocycles. The van der Waals surface area contributed by atoms with E-state index in [1.165, 1.54) is 0 Å². The van der Waals surface area contributed by atoms with Gasteiger partial charge in [0.1, 0.15) is 0 Å². The topological polar surface area (TPSA) is 57.6 Å². The van der Waals surface area contributed by atoms with Crippen LogP contribution in [0.4, 0.5) is 0 Å². The Bertz CT molecular complexity index is 668. The first-order chi connectivity index (χ1) is 9.97. The van der Waals surface area contributed by atoms with E-state index in [2.05, 4.69) is 0 Å². The van der Waals surface area contributed by atoms with Crippen molar-refractivity contribution >= 4 is 44.9 Å². The number of carboxylic acids is 1. The highest BCUT2D eigenvalue weighted by Gasteiger charge is 2.13. The van der Waals surface area contributed by atoms with Gasteiger partial charge in [0.05, 0.1) is 6.42 Å². The quantitative estimate of drug-likeness (QED) is 0.885. The van der Waals surface area contributed by atoms with Gasteiger partial charge in [0.25, 0.3) is 0 Å². The van der Waals surface area contributed by atoms with E-state index in [9.17, 15) is 9.59 Å². The maximum Gasteiger partial charge on any atom is 0.303 e. The third-order valence-corrected chi connectivity index (χ3v) is 4.51. The number of aliphatic carboxylic acids is 1. The van der Waals surface area contributed by atoms with Crippen LogP contribution >= 0.6 is 22.9 Å². The Morgan fingerprint density at radius 2 is 2.14 bits per heavy atom. The van der Waals surface area contributed by atoms with E-state index in [-0.39, 0.29) is 12.3 Å². The molecular weight excluding hydrogens is 310 g/mol. The monoisotopic (exact) mass is 325 g/mol. The smallest absolute Gasteiger partial charge is 0.303 e. The number of halogens is 1. The summed E-state index contributed by atoms with van der Waals surface area (Å²) in [4.78, 5) is 24.2. The zero-order valence-corrected chi connectivity index (χ0v) is 13.2. The fourth-order valence-electron chi connectivity index (χ4n) is 2.08. The third-order valence-electron chi connectivity index (χ3n) is 3.27. The molecule has 0 unspecified atom stereocenters. The number of carbonyl (C=O) groups is 2. The third kappa shape index (κ3) is 4.19. The summed E-state index contributed by atoms with van der Waals surface area (Å²) in [6.45, 7) is 0.452. The summed E-state index contributed by atoms with van der Waals surface area (Å²) in [6.07, 6.45) is 0.853. The normalized spacial score (nSPS) is 10.8. The van der Waals surface area contributed by atoms with Gasteiger partial charge in [-0.2, -0.15) is 0 Å². The number of amides is 1. The second-order valence-electron chi connectivity index (χ2n) is 4.89. The summed E-state index contributed by atoms with van der Waals surface area (Å²) in [5, 5.41) is 12.2. The number of nitrogens with zero attached hydrogens (tertiary/aromatic N) is 1. The summed E-state index contributed by atoms with van der Waals surface area (Å²) in [5.41, 5.74) is 0.965. The first-order valence-electron chi connectivity index (χ1n) is 6.59. The van der Waals surface area contributed by atoms with Gasteiger partial charge in [-0.25, -0.2) is 0 Å². The maximum atomic E-state index is 12.2. The summed E-state index contributed by atoms with van der Waals surface area (Å²) < 4.78 is 1.11. The number of fused-ring (bicyclic) bond motifs is 1. The van der Waals surface area contributed by atoms with E-state index in [1.807, 2.05) is 23.6 Å². The van der Waals surface area contributed by atoms with Crippen LogP contribution in [0.5, 0.6) is 0 Å². The molecule has 1 heterocycles. The molecule has 0 spiro atoms. The van der Waals surface area contributed by atoms with Crippen molar-refractivity contribution in [3.05, 3.63) is 34.2 Å². The predicted molar refractivity (Wildman–Crippen MR) is 85.0 cm³/mol. The lowest BCUT2D eigenvalue weighted by atomic mass is 10.1. The van der Waals surface area contributed by atoms with Crippen molar-refractivity contribution in [2.45, 2.75) is 19.3 Å². The zero-order chi connectivity index (χ0) is 15.4. The molecule has 6 heteroatoms. The maximum absolute atomic E-state index is 12.2. The minimum atomic E-state index is -0.839. The predicted octanol–water partition coefficient (Wildman–Crippen LogP) is 3.42. The standard InChI is InChI=1S/C15H16ClNO3S/c1-17(6-2-3-15(19)20)14(18)7-10-9-21-13-5-4-11(16)8-12(10)13/h4-5,8-9H,2-3,6-7H2,1H3,(H,19,20). The second-order valence-corrected chi connectivity index (χ2v) is 6.24. The molecule has 0 saturated heterocycles. The molecule has 0 bridgehead atoms. The fourth-order valence-corrected chi connectivity index (χ4v) is 3.20. The number of carbonyl (C=O) groups excluding carboxylic acids is 1. The Labute approximate surface area is 131 Å². The van der Waals surface area contributed by atoms with Gasteiger partial charge in [-0.3, -0.25) is 9.59 Å². The van der Waals surface area contributed by atoms with Crippen molar-refractivity contribution in [3.8, 4) is 0 Å². The number of carboxylic acid groups (broad SMARTS) is 1. The highest BCUT2D eigenvalue weighted by atomic mass is 35.5. The molecule has 112 valence electrons. The lowest BCUT2D eigenvalue weighted by molar-refractivity contribution is -0.138. The van der Waals surface area contributed by atoms with Crippen LogP contribution in [-0.4, -0.2) is 35.5 Å². The van der Waals surface area contributed by atoms with Crippen molar-refractivity contribution in [1.29, 1.82) is 0 Å². The van der Waals surface area contributed by atoms with Gasteiger partial charge in [-0.05, 0) is 40.9 Å². The van der Waals surface area contributed by atoms with Crippen LogP contribution in [-0.2, 0) is 16.0 Å². The summed E-state index contributed by atoms with van der Waals surface area (Å²) in [5.74, 6) is -0.852. The molecule has 1 N–H and O–H groups in total. The van der Waals surface area contributed by atoms with E-state index < -0.39 is 5.97 Å². The van der Waals surface area contributed by atoms with E-state index in [4.69, 9.17) is 16.7 Å². The van der Waals surface area contributed by atoms with Crippen LogP contribution in [0.25, 0.3) is 10.1 Å². The van der Waals surface area contributed by atoms with Crippen LogP contribution < -0.4 is 0 Å². The Hall–Kier alpha value is -1.59. The largest absolute Gasteiger partial charge is 0.481 e. The van der Waals surface area contributed by atoms with Crippen molar-refractivity contribution < 1.29 is 14.7 Å². The van der Waals surface area contributed by atoms with Gasteiger partial charge in [0, 0.05) is 29.7 Å². The van der Waals surface area contributed by atoms with Gasteiger partial charge in [-0.15, -0.1) is 11.3 Å². The van der Waals surface area contributed by atoms with E-state index in [0.29, 0.717) is 24.4 Å². The number of hydrogen-bond donors (Lipinski definition) is 1. The molecule has 0 fully saturated rings. The number of thiophene rings is 1. The number of rotatable bonds is 6. The molecule has 2 rings (SSSR count). The molecule has 2 aromatic rings. The number of benzene rings is 1. The lowest BCUT2D eigenvalue weighted by Gasteiger charge is -2.16. The van der Waals surface area contributed by atoms with Crippen LogP contribution in [0.3, 0.4) is 0 Å². The Morgan fingerprint density at radius 3 is 2.86 bits per heavy atom. The molecule has 0 aliphatic rings. The van der Waals surface area contributed by atoms with Gasteiger partial charge in [0.2, 0.25) is 5.91 Å². The van der Waals surface area contributed by atoms with Crippen LogP contribution in [0, 0.1) is 0 Å². The molecule has 0 aliphatic heterocycles. The Balaban J connectivity index is 2.00. The van der Waals surface area contributed by atoms with Crippen molar-refractivity contribution in [2.75, 3.05) is 13.6 Å². The van der Waals surface area contributed by atoms with Gasteiger partial charge < -0.3 is 10.0 Å². The molecule has 0 saturated carbocycles. The SMILES string of the molecule is CN(CCCC(=O)O)C(=O)Cc1csc2ccc(Cl)cc12. The van der Waals surface area contributed by atoms with E-state index >= 15 is 0 Å². The van der Waals surface area contributed by atoms with E-state index in [0.717, 1.165) is 15.6 Å². The van der Waals surface area contributed by atoms with E-state index in [1.54, 1.807) is 23.3 Å². The van der Waals surface area contributed by atoms with Crippen LogP contribution in [0.1, 0.15) is 18.4 Å². The number of hydrogen-bond acceptors (Lipinski definition) is 3. The molecule has 1 aromatic carbocycles. The molecular formula is C15H16ClNO3S. The minimum absolute atomic E-state index is 0.0138. The average molecular weight is 326 g/mol. The molecule has 4 nitrogen and oxygen atoms in total. The van der Waals surface area contributed by atoms with Crippen LogP contribution in [0.15, 0.2) is 23.6 Å². The van der Waals surface area contributed by atoms with Gasteiger partial charge in [-0.1, -0.05) is 11.6 Å². The number of likely N-dealkylation sites (N-methyl/N-ethyl adjacent to an activating group) is 1. The summed E-state index contributed by atoms with van der Waals surface area (Å²) >= 11 is 7.59. The summed E-state index contributed by atoms with van der Waals surface area (Å²) in [6, 6.07) is 5.66. The zero-order valence-electron chi connectivity index (χ0n) is 11.6. The molecule has 21 heavy (non-hydrogen) atoms. The van der Waals surface area contributed by atoms with Gasteiger partial charge >= 0.3 is 5.97 Å². The van der Waals surface area contributed by atoms with Crippen LogP contribution in [0.2, 0.25) is 5.02 Å². The molecule has 0 aliphatic carbocycles. The average Bonchev–Trinajstić information content (AvgIpc) is 2.80. The first kappa shape index (κ1) is 15.8. The second kappa shape index (κ2) is 6.91. The highest BCUT2D eigenvalue weighted by Crippen LogP contribution is 2.29. The Kier molecular flexibility index (Phi) is 5.20. The fraction of sp³-hybridized carbons (Fsp3) is 0.333. The molecule has 1 amide bonds. The summed E-state index contributed by atoms with van der Waals surface area (Å²) in [7, 11) is 1.70. The van der Waals surface area contributed by atoms with Crippen molar-refractivity contribution in [3.63, 3.8) is 0 Å². The highest BCUT2D eigenvalue weighted by molar-refractivity contribution is 7.17. The molecule has 0 atom stereocenters. The minimum Gasteiger partial charge on any atom is -0.481 e. The van der Waals surface area contributed by atoms with Gasteiger partial charge in [0.15, 0.2) is 0 Å². The lowest BCUT2D eigenvalue weighted by Crippen LogP contribution is -2.29. The van der Waals surface area contributed by atoms with Crippen molar-refractivity contribution in [2.24, 2.45) is 0 Å². The first-order valence-corrected chi connectivity index (χ1v) is 7.84. The Morgan fingerprint density at radius 1 is 1.38 bits per heavy atom. The molecule has 0 radical (unpaired) electrons.